The Labute approximate surface area is 201 Å². The highest BCUT2D eigenvalue weighted by Gasteiger charge is 2.32. The van der Waals surface area contributed by atoms with Crippen molar-refractivity contribution in [1.82, 2.24) is 8.87 Å². The summed E-state index contributed by atoms with van der Waals surface area (Å²) in [6.07, 6.45) is -0.371. The summed E-state index contributed by atoms with van der Waals surface area (Å²) in [5, 5.41) is 2.74. The van der Waals surface area contributed by atoms with Crippen LogP contribution in [0.1, 0.15) is 31.1 Å². The quantitative estimate of drug-likeness (QED) is 0.590. The molecule has 0 bridgehead atoms. The van der Waals surface area contributed by atoms with Crippen LogP contribution in [0.25, 0.3) is 10.2 Å². The summed E-state index contributed by atoms with van der Waals surface area (Å²) in [5.41, 5.74) is 1.83. The number of aryl methyl sites for hydroxylation is 1. The van der Waals surface area contributed by atoms with E-state index in [0.29, 0.717) is 16.1 Å². The van der Waals surface area contributed by atoms with Crippen LogP contribution in [0.5, 0.6) is 0 Å². The number of fused-ring (bicyclic) bond motifs is 1. The standard InChI is InChI=1S/C23H26N4O5S2/c1-14-12-27(13-15(2)32-14)34(30,31)19-8-5-17(6-9-19)22(29)25-23-26(4)20-10-7-18(24-16(3)28)11-21(20)33-23/h5-11,14-15H,12-13H2,1-4H3,(H,24,28). The number of rotatable bonds is 4. The second-order valence-corrected chi connectivity index (χ2v) is 11.3. The number of carbonyl (C=O) groups is 2. The van der Waals surface area contributed by atoms with Gasteiger partial charge in [-0.25, -0.2) is 8.42 Å². The first kappa shape index (κ1) is 24.3. The first-order valence-corrected chi connectivity index (χ1v) is 13.0. The summed E-state index contributed by atoms with van der Waals surface area (Å²) in [6.45, 7) is 5.70. The van der Waals surface area contributed by atoms with Gasteiger partial charge >= 0.3 is 0 Å². The van der Waals surface area contributed by atoms with E-state index >= 15 is 0 Å². The number of hydrogen-bond donors (Lipinski definition) is 1. The molecule has 2 atom stereocenters. The highest BCUT2D eigenvalue weighted by Crippen LogP contribution is 2.23. The maximum Gasteiger partial charge on any atom is 0.279 e. The van der Waals surface area contributed by atoms with Crippen molar-refractivity contribution in [3.05, 3.63) is 52.8 Å². The van der Waals surface area contributed by atoms with Gasteiger partial charge in [0, 0.05) is 38.3 Å². The van der Waals surface area contributed by atoms with Gasteiger partial charge < -0.3 is 14.6 Å². The molecule has 2 amide bonds. The molecule has 0 aliphatic carbocycles. The van der Waals surface area contributed by atoms with Crippen molar-refractivity contribution in [3.8, 4) is 0 Å². The van der Waals surface area contributed by atoms with Crippen LogP contribution in [0.3, 0.4) is 0 Å². The van der Waals surface area contributed by atoms with Crippen LogP contribution in [0.15, 0.2) is 52.4 Å². The van der Waals surface area contributed by atoms with Gasteiger partial charge in [0.25, 0.3) is 5.91 Å². The molecule has 0 spiro atoms. The smallest absolute Gasteiger partial charge is 0.279 e. The third kappa shape index (κ3) is 4.97. The first-order valence-electron chi connectivity index (χ1n) is 10.8. The molecule has 1 aliphatic rings. The molecule has 2 unspecified atom stereocenters. The van der Waals surface area contributed by atoms with E-state index in [0.717, 1.165) is 10.2 Å². The van der Waals surface area contributed by atoms with E-state index in [2.05, 4.69) is 10.3 Å². The fraction of sp³-hybridized carbons (Fsp3) is 0.348. The normalized spacial score (nSPS) is 19.9. The van der Waals surface area contributed by atoms with E-state index in [1.165, 1.54) is 46.8 Å². The lowest BCUT2D eigenvalue weighted by Crippen LogP contribution is -2.48. The van der Waals surface area contributed by atoms with Crippen molar-refractivity contribution in [1.29, 1.82) is 0 Å². The number of hydrogen-bond acceptors (Lipinski definition) is 6. The van der Waals surface area contributed by atoms with Gasteiger partial charge in [-0.2, -0.15) is 9.30 Å². The van der Waals surface area contributed by atoms with Crippen molar-refractivity contribution < 1.29 is 22.7 Å². The minimum atomic E-state index is -3.69. The molecule has 1 aliphatic heterocycles. The molecule has 2 aromatic carbocycles. The Hall–Kier alpha value is -2.86. The second-order valence-electron chi connectivity index (χ2n) is 8.33. The third-order valence-corrected chi connectivity index (χ3v) is 8.39. The fourth-order valence-corrected chi connectivity index (χ4v) is 6.57. The van der Waals surface area contributed by atoms with Crippen LogP contribution in [-0.2, 0) is 26.6 Å². The second kappa shape index (κ2) is 9.41. The van der Waals surface area contributed by atoms with Crippen LogP contribution in [0.4, 0.5) is 5.69 Å². The third-order valence-electron chi connectivity index (χ3n) is 5.45. The Morgan fingerprint density at radius 2 is 1.74 bits per heavy atom. The van der Waals surface area contributed by atoms with Crippen LogP contribution < -0.4 is 10.1 Å². The molecule has 1 N–H and O–H groups in total. The number of nitrogens with one attached hydrogen (secondary N) is 1. The molecular formula is C23H26N4O5S2. The zero-order chi connectivity index (χ0) is 24.6. The molecule has 3 aromatic rings. The maximum absolute atomic E-state index is 13.0. The van der Waals surface area contributed by atoms with Gasteiger partial charge in [-0.15, -0.1) is 0 Å². The van der Waals surface area contributed by atoms with Crippen molar-refractivity contribution in [2.45, 2.75) is 37.9 Å². The van der Waals surface area contributed by atoms with E-state index in [1.807, 2.05) is 33.0 Å². The fourth-order valence-electron chi connectivity index (χ4n) is 3.92. The number of nitrogens with zero attached hydrogens (tertiary/aromatic N) is 3. The Morgan fingerprint density at radius 3 is 2.35 bits per heavy atom. The lowest BCUT2D eigenvalue weighted by atomic mass is 10.2. The minimum Gasteiger partial charge on any atom is -0.373 e. The SMILES string of the molecule is CC(=O)Nc1ccc2c(c1)sc(=NC(=O)c1ccc(S(=O)(=O)N3CC(C)OC(C)C3)cc1)n2C. The van der Waals surface area contributed by atoms with E-state index < -0.39 is 15.9 Å². The van der Waals surface area contributed by atoms with Crippen LogP contribution in [0, 0.1) is 0 Å². The topological polar surface area (TPSA) is 110 Å². The van der Waals surface area contributed by atoms with Gasteiger partial charge in [-0.05, 0) is 56.3 Å². The summed E-state index contributed by atoms with van der Waals surface area (Å²) in [6, 6.07) is 11.3. The summed E-state index contributed by atoms with van der Waals surface area (Å²) in [5.74, 6) is -0.634. The molecular weight excluding hydrogens is 476 g/mol. The van der Waals surface area contributed by atoms with Gasteiger partial charge in [0.05, 0.1) is 27.3 Å². The summed E-state index contributed by atoms with van der Waals surface area (Å²) < 4.78 is 35.8. The number of ether oxygens (including phenoxy) is 1. The predicted octanol–water partition coefficient (Wildman–Crippen LogP) is 2.74. The van der Waals surface area contributed by atoms with E-state index in [9.17, 15) is 18.0 Å². The summed E-state index contributed by atoms with van der Waals surface area (Å²) in [4.78, 5) is 29.0. The predicted molar refractivity (Wildman–Crippen MR) is 130 cm³/mol. The first-order chi connectivity index (χ1) is 16.0. The molecule has 34 heavy (non-hydrogen) atoms. The molecule has 0 saturated carbocycles. The monoisotopic (exact) mass is 502 g/mol. The van der Waals surface area contributed by atoms with E-state index in [-0.39, 0.29) is 36.1 Å². The lowest BCUT2D eigenvalue weighted by Gasteiger charge is -2.34. The number of anilines is 1. The van der Waals surface area contributed by atoms with E-state index in [1.54, 1.807) is 10.6 Å². The minimum absolute atomic E-state index is 0.128. The molecule has 1 saturated heterocycles. The number of aromatic nitrogens is 1. The zero-order valence-electron chi connectivity index (χ0n) is 19.3. The Kier molecular flexibility index (Phi) is 6.72. The van der Waals surface area contributed by atoms with Gasteiger partial charge in [0.2, 0.25) is 15.9 Å². The number of amides is 2. The molecule has 1 aromatic heterocycles. The van der Waals surface area contributed by atoms with Gasteiger partial charge in [0.15, 0.2) is 4.80 Å². The van der Waals surface area contributed by atoms with E-state index in [4.69, 9.17) is 4.74 Å². The average Bonchev–Trinajstić information content (AvgIpc) is 3.07. The number of thiazole rings is 1. The molecule has 9 nitrogen and oxygen atoms in total. The van der Waals surface area contributed by atoms with Crippen molar-refractivity contribution >= 4 is 49.1 Å². The summed E-state index contributed by atoms with van der Waals surface area (Å²) >= 11 is 1.32. The molecule has 0 radical (unpaired) electrons. The number of carbonyl (C=O) groups excluding carboxylic acids is 2. The van der Waals surface area contributed by atoms with Crippen molar-refractivity contribution in [2.24, 2.45) is 12.0 Å². The number of benzene rings is 2. The molecule has 180 valence electrons. The highest BCUT2D eigenvalue weighted by molar-refractivity contribution is 7.89. The molecule has 2 heterocycles. The zero-order valence-corrected chi connectivity index (χ0v) is 20.9. The largest absolute Gasteiger partial charge is 0.373 e. The highest BCUT2D eigenvalue weighted by atomic mass is 32.2. The maximum atomic E-state index is 13.0. The van der Waals surface area contributed by atoms with Crippen LogP contribution >= 0.6 is 11.3 Å². The summed E-state index contributed by atoms with van der Waals surface area (Å²) in [7, 11) is -1.88. The Bertz CT molecular complexity index is 1410. The van der Waals surface area contributed by atoms with Crippen molar-refractivity contribution in [2.75, 3.05) is 18.4 Å². The van der Waals surface area contributed by atoms with Gasteiger partial charge in [0.1, 0.15) is 0 Å². The van der Waals surface area contributed by atoms with Crippen molar-refractivity contribution in [3.63, 3.8) is 0 Å². The Balaban J connectivity index is 1.59. The molecule has 1 fully saturated rings. The Morgan fingerprint density at radius 1 is 1.09 bits per heavy atom. The van der Waals surface area contributed by atoms with Gasteiger partial charge in [-0.1, -0.05) is 11.3 Å². The lowest BCUT2D eigenvalue weighted by molar-refractivity contribution is -0.114. The molecule has 4 rings (SSSR count). The number of morpholine rings is 1. The number of sulfonamides is 1. The van der Waals surface area contributed by atoms with Crippen LogP contribution in [0.2, 0.25) is 0 Å². The average molecular weight is 503 g/mol. The molecule has 11 heteroatoms. The van der Waals surface area contributed by atoms with Gasteiger partial charge in [-0.3, -0.25) is 9.59 Å². The van der Waals surface area contributed by atoms with Crippen LogP contribution in [-0.4, -0.2) is 54.4 Å².